The van der Waals surface area contributed by atoms with Crippen LogP contribution in [0.2, 0.25) is 0 Å². The standard InChI is InChI=1S/C20H16N2O6/c1-24-15-11-16(25-2)22-20(21-15)27-14-10-6-9-13-17(14)18(23)28-19(13)26-12-7-4-3-5-8-12/h3-11,19H,1-2H3. The molecular weight excluding hydrogens is 364 g/mol. The van der Waals surface area contributed by atoms with Gasteiger partial charge in [-0.15, -0.1) is 0 Å². The van der Waals surface area contributed by atoms with Gasteiger partial charge in [0.25, 0.3) is 6.29 Å². The van der Waals surface area contributed by atoms with Gasteiger partial charge in [-0.25, -0.2) is 4.79 Å². The molecule has 8 nitrogen and oxygen atoms in total. The number of carbonyl (C=O) groups is 1. The van der Waals surface area contributed by atoms with E-state index in [0.717, 1.165) is 0 Å². The van der Waals surface area contributed by atoms with E-state index < -0.39 is 12.3 Å². The Hall–Kier alpha value is -3.81. The lowest BCUT2D eigenvalue weighted by Crippen LogP contribution is -2.06. The minimum Gasteiger partial charge on any atom is -0.481 e. The number of ether oxygens (including phenoxy) is 5. The average Bonchev–Trinajstić information content (AvgIpc) is 3.04. The summed E-state index contributed by atoms with van der Waals surface area (Å²) in [7, 11) is 2.93. The zero-order valence-corrected chi connectivity index (χ0v) is 15.1. The van der Waals surface area contributed by atoms with Crippen LogP contribution in [-0.2, 0) is 4.74 Å². The normalized spacial score (nSPS) is 14.8. The Bertz CT molecular complexity index is 987. The van der Waals surface area contributed by atoms with Crippen LogP contribution in [0.25, 0.3) is 0 Å². The second kappa shape index (κ2) is 7.43. The molecule has 1 unspecified atom stereocenters. The smallest absolute Gasteiger partial charge is 0.345 e. The van der Waals surface area contributed by atoms with Gasteiger partial charge in [0.05, 0.1) is 25.8 Å². The van der Waals surface area contributed by atoms with Crippen LogP contribution in [0.4, 0.5) is 0 Å². The van der Waals surface area contributed by atoms with E-state index in [9.17, 15) is 4.79 Å². The van der Waals surface area contributed by atoms with Gasteiger partial charge in [0, 0.05) is 0 Å². The van der Waals surface area contributed by atoms with Gasteiger partial charge in [0.1, 0.15) is 17.1 Å². The lowest BCUT2D eigenvalue weighted by atomic mass is 10.1. The van der Waals surface area contributed by atoms with Crippen LogP contribution in [0.15, 0.2) is 54.6 Å². The Kier molecular flexibility index (Phi) is 4.67. The number of cyclic esters (lactones) is 1. The van der Waals surface area contributed by atoms with E-state index in [1.54, 1.807) is 30.3 Å². The van der Waals surface area contributed by atoms with Crippen molar-refractivity contribution in [2.75, 3.05) is 14.2 Å². The van der Waals surface area contributed by atoms with Crippen molar-refractivity contribution in [2.45, 2.75) is 6.29 Å². The van der Waals surface area contributed by atoms with Gasteiger partial charge in [-0.3, -0.25) is 0 Å². The van der Waals surface area contributed by atoms with Crippen LogP contribution in [0.1, 0.15) is 22.2 Å². The van der Waals surface area contributed by atoms with E-state index >= 15 is 0 Å². The van der Waals surface area contributed by atoms with E-state index in [-0.39, 0.29) is 29.1 Å². The summed E-state index contributed by atoms with van der Waals surface area (Å²) in [6.45, 7) is 0. The number of fused-ring (bicyclic) bond motifs is 1. The molecular formula is C20H16N2O6. The highest BCUT2D eigenvalue weighted by molar-refractivity contribution is 5.97. The molecule has 0 spiro atoms. The third kappa shape index (κ3) is 3.39. The third-order valence-corrected chi connectivity index (χ3v) is 4.00. The number of hydrogen-bond donors (Lipinski definition) is 0. The summed E-state index contributed by atoms with van der Waals surface area (Å²) < 4.78 is 27.1. The Labute approximate surface area is 160 Å². The van der Waals surface area contributed by atoms with Crippen LogP contribution in [0.5, 0.6) is 29.3 Å². The number of hydrogen-bond acceptors (Lipinski definition) is 8. The van der Waals surface area contributed by atoms with E-state index in [1.165, 1.54) is 20.3 Å². The Morgan fingerprint density at radius 2 is 1.64 bits per heavy atom. The van der Waals surface area contributed by atoms with Crippen LogP contribution < -0.4 is 18.9 Å². The van der Waals surface area contributed by atoms with Crippen LogP contribution in [0, 0.1) is 0 Å². The zero-order chi connectivity index (χ0) is 19.5. The molecule has 0 bridgehead atoms. The van der Waals surface area contributed by atoms with E-state index in [4.69, 9.17) is 23.7 Å². The van der Waals surface area contributed by atoms with Crippen molar-refractivity contribution < 1.29 is 28.5 Å². The van der Waals surface area contributed by atoms with E-state index in [0.29, 0.717) is 11.3 Å². The first-order valence-electron chi connectivity index (χ1n) is 8.38. The summed E-state index contributed by atoms with van der Waals surface area (Å²) in [6.07, 6.45) is -0.866. The molecule has 0 N–H and O–H groups in total. The number of para-hydroxylation sites is 1. The maximum Gasteiger partial charge on any atom is 0.345 e. The largest absolute Gasteiger partial charge is 0.481 e. The molecule has 0 saturated heterocycles. The van der Waals surface area contributed by atoms with Crippen molar-refractivity contribution in [1.29, 1.82) is 0 Å². The number of carbonyl (C=O) groups excluding carboxylic acids is 1. The van der Waals surface area contributed by atoms with E-state index in [2.05, 4.69) is 9.97 Å². The molecule has 2 heterocycles. The summed E-state index contributed by atoms with van der Waals surface area (Å²) in [5.41, 5.74) is 0.815. The number of rotatable bonds is 6. The number of methoxy groups -OCH3 is 2. The maximum atomic E-state index is 12.5. The summed E-state index contributed by atoms with van der Waals surface area (Å²) in [5.74, 6) is 0.809. The third-order valence-electron chi connectivity index (χ3n) is 4.00. The summed E-state index contributed by atoms with van der Waals surface area (Å²) in [6, 6.07) is 15.7. The highest BCUT2D eigenvalue weighted by Gasteiger charge is 2.36. The van der Waals surface area contributed by atoms with Gasteiger partial charge < -0.3 is 23.7 Å². The average molecular weight is 380 g/mol. The van der Waals surface area contributed by atoms with Gasteiger partial charge in [0.2, 0.25) is 11.8 Å². The number of nitrogens with zero attached hydrogens (tertiary/aromatic N) is 2. The van der Waals surface area contributed by atoms with Crippen molar-refractivity contribution >= 4 is 5.97 Å². The predicted molar refractivity (Wildman–Crippen MR) is 96.9 cm³/mol. The van der Waals surface area contributed by atoms with Crippen molar-refractivity contribution in [3.8, 4) is 29.3 Å². The molecule has 0 amide bonds. The van der Waals surface area contributed by atoms with Crippen LogP contribution in [-0.4, -0.2) is 30.2 Å². The molecule has 0 aliphatic carbocycles. The fourth-order valence-corrected chi connectivity index (χ4v) is 2.71. The molecule has 2 aromatic carbocycles. The minimum absolute atomic E-state index is 0.0233. The Morgan fingerprint density at radius 1 is 0.929 bits per heavy atom. The van der Waals surface area contributed by atoms with Crippen LogP contribution >= 0.6 is 0 Å². The van der Waals surface area contributed by atoms with E-state index in [1.807, 2.05) is 18.2 Å². The zero-order valence-electron chi connectivity index (χ0n) is 15.1. The molecule has 1 aliphatic rings. The fourth-order valence-electron chi connectivity index (χ4n) is 2.71. The first-order chi connectivity index (χ1) is 13.7. The van der Waals surface area contributed by atoms with Gasteiger partial charge in [0.15, 0.2) is 0 Å². The lowest BCUT2D eigenvalue weighted by molar-refractivity contribution is -0.0382. The van der Waals surface area contributed by atoms with Crippen molar-refractivity contribution in [3.63, 3.8) is 0 Å². The SMILES string of the molecule is COc1cc(OC)nc(Oc2cccc3c2C(=O)OC3Oc2ccccc2)n1. The molecule has 0 radical (unpaired) electrons. The summed E-state index contributed by atoms with van der Waals surface area (Å²) >= 11 is 0. The second-order valence-electron chi connectivity index (χ2n) is 5.73. The quantitative estimate of drug-likeness (QED) is 0.600. The van der Waals surface area contributed by atoms with Crippen molar-refractivity contribution in [3.05, 3.63) is 65.7 Å². The number of benzene rings is 2. The second-order valence-corrected chi connectivity index (χ2v) is 5.73. The molecule has 3 aromatic rings. The predicted octanol–water partition coefficient (Wildman–Crippen LogP) is 3.53. The summed E-state index contributed by atoms with van der Waals surface area (Å²) in [5, 5.41) is 0. The topological polar surface area (TPSA) is 89.0 Å². The highest BCUT2D eigenvalue weighted by atomic mass is 16.7. The van der Waals surface area contributed by atoms with Gasteiger partial charge in [-0.2, -0.15) is 9.97 Å². The monoisotopic (exact) mass is 380 g/mol. The fraction of sp³-hybridized carbons (Fsp3) is 0.150. The maximum absolute atomic E-state index is 12.5. The molecule has 4 rings (SSSR count). The molecule has 1 atom stereocenters. The van der Waals surface area contributed by atoms with Crippen molar-refractivity contribution in [2.24, 2.45) is 0 Å². The van der Waals surface area contributed by atoms with Gasteiger partial charge in [-0.05, 0) is 18.2 Å². The highest BCUT2D eigenvalue weighted by Crippen LogP contribution is 2.39. The molecule has 28 heavy (non-hydrogen) atoms. The summed E-state index contributed by atoms with van der Waals surface area (Å²) in [4.78, 5) is 20.7. The van der Waals surface area contributed by atoms with Crippen molar-refractivity contribution in [1.82, 2.24) is 9.97 Å². The molecule has 8 heteroatoms. The Morgan fingerprint density at radius 3 is 2.32 bits per heavy atom. The molecule has 1 aliphatic heterocycles. The minimum atomic E-state index is -0.866. The molecule has 0 fully saturated rings. The number of aromatic nitrogens is 2. The van der Waals surface area contributed by atoms with Gasteiger partial charge in [-0.1, -0.05) is 30.3 Å². The van der Waals surface area contributed by atoms with Crippen LogP contribution in [0.3, 0.4) is 0 Å². The molecule has 142 valence electrons. The number of esters is 1. The first kappa shape index (κ1) is 17.6. The first-order valence-corrected chi connectivity index (χ1v) is 8.38. The Balaban J connectivity index is 1.65. The molecule has 1 aromatic heterocycles. The molecule has 0 saturated carbocycles. The lowest BCUT2D eigenvalue weighted by Gasteiger charge is -2.13. The van der Waals surface area contributed by atoms with Gasteiger partial charge >= 0.3 is 12.0 Å².